The van der Waals surface area contributed by atoms with E-state index in [2.05, 4.69) is 0 Å². The third-order valence-corrected chi connectivity index (χ3v) is 3.98. The number of hydrogen-bond acceptors (Lipinski definition) is 4. The van der Waals surface area contributed by atoms with Crippen LogP contribution in [-0.2, 0) is 17.5 Å². The third-order valence-electron chi connectivity index (χ3n) is 3.98. The first-order valence-corrected chi connectivity index (χ1v) is 8.30. The second-order valence-electron chi connectivity index (χ2n) is 7.23. The van der Waals surface area contributed by atoms with Crippen LogP contribution in [0.4, 0.5) is 18.0 Å². The van der Waals surface area contributed by atoms with Gasteiger partial charge in [-0.2, -0.15) is 18.4 Å². The number of nitriles is 1. The molecule has 0 aliphatic carbocycles. The molecule has 1 amide bonds. The van der Waals surface area contributed by atoms with Gasteiger partial charge in [0, 0.05) is 32.7 Å². The van der Waals surface area contributed by atoms with Gasteiger partial charge in [-0.05, 0) is 38.5 Å². The molecule has 0 bridgehead atoms. The largest absolute Gasteiger partial charge is 0.444 e. The number of alkyl halides is 3. The molecule has 142 valence electrons. The molecule has 0 saturated carbocycles. The monoisotopic (exact) mass is 369 g/mol. The van der Waals surface area contributed by atoms with Gasteiger partial charge in [0.25, 0.3) is 0 Å². The molecule has 2 rings (SSSR count). The maximum Gasteiger partial charge on any atom is 0.416 e. The van der Waals surface area contributed by atoms with E-state index in [4.69, 9.17) is 10.00 Å². The average molecular weight is 369 g/mol. The smallest absolute Gasteiger partial charge is 0.416 e. The highest BCUT2D eigenvalue weighted by atomic mass is 19.4. The number of rotatable bonds is 2. The number of amides is 1. The van der Waals surface area contributed by atoms with Crippen LogP contribution in [0.15, 0.2) is 18.2 Å². The number of hydrogen-bond donors (Lipinski definition) is 0. The summed E-state index contributed by atoms with van der Waals surface area (Å²) in [6.07, 6.45) is -4.84. The van der Waals surface area contributed by atoms with Crippen LogP contribution in [0.5, 0.6) is 0 Å². The lowest BCUT2D eigenvalue weighted by Gasteiger charge is -2.35. The molecule has 26 heavy (non-hydrogen) atoms. The summed E-state index contributed by atoms with van der Waals surface area (Å²) in [5, 5.41) is 9.16. The number of nitrogens with zero attached hydrogens (tertiary/aromatic N) is 3. The lowest BCUT2D eigenvalue weighted by molar-refractivity contribution is -0.137. The minimum Gasteiger partial charge on any atom is -0.444 e. The second-order valence-corrected chi connectivity index (χ2v) is 7.23. The lowest BCUT2D eigenvalue weighted by Crippen LogP contribution is -2.49. The number of benzene rings is 1. The van der Waals surface area contributed by atoms with Crippen molar-refractivity contribution in [3.05, 3.63) is 34.9 Å². The molecule has 0 radical (unpaired) electrons. The minimum atomic E-state index is -4.47. The average Bonchev–Trinajstić information content (AvgIpc) is 2.53. The van der Waals surface area contributed by atoms with Crippen molar-refractivity contribution in [2.24, 2.45) is 0 Å². The maximum atomic E-state index is 12.8. The van der Waals surface area contributed by atoms with E-state index in [1.165, 1.54) is 6.07 Å². The third kappa shape index (κ3) is 5.36. The summed E-state index contributed by atoms with van der Waals surface area (Å²) in [5.41, 5.74) is -0.816. The van der Waals surface area contributed by atoms with Crippen LogP contribution in [0.3, 0.4) is 0 Å². The van der Waals surface area contributed by atoms with E-state index in [0.717, 1.165) is 12.1 Å². The fraction of sp³-hybridized carbons (Fsp3) is 0.556. The number of carbonyl (C=O) groups is 1. The molecule has 0 unspecified atom stereocenters. The van der Waals surface area contributed by atoms with Crippen molar-refractivity contribution in [1.82, 2.24) is 9.80 Å². The highest BCUT2D eigenvalue weighted by Crippen LogP contribution is 2.30. The summed E-state index contributed by atoms with van der Waals surface area (Å²) in [6, 6.07) is 5.06. The highest BCUT2D eigenvalue weighted by molar-refractivity contribution is 5.68. The molecule has 1 heterocycles. The Morgan fingerprint density at radius 2 is 1.81 bits per heavy atom. The summed E-state index contributed by atoms with van der Waals surface area (Å²) >= 11 is 0. The van der Waals surface area contributed by atoms with Crippen molar-refractivity contribution >= 4 is 6.09 Å². The lowest BCUT2D eigenvalue weighted by atomic mass is 10.0. The zero-order chi connectivity index (χ0) is 19.5. The van der Waals surface area contributed by atoms with Crippen LogP contribution in [0.1, 0.15) is 37.5 Å². The van der Waals surface area contributed by atoms with Gasteiger partial charge in [-0.15, -0.1) is 0 Å². The molecule has 1 saturated heterocycles. The molecule has 1 aromatic rings. The van der Waals surface area contributed by atoms with E-state index in [0.29, 0.717) is 38.3 Å². The SMILES string of the molecule is CC(C)(C)OC(=O)N1CCN(Cc2ccc(C(F)(F)F)cc2C#N)CC1. The van der Waals surface area contributed by atoms with Crippen LogP contribution in [0.2, 0.25) is 0 Å². The van der Waals surface area contributed by atoms with Gasteiger partial charge in [-0.1, -0.05) is 6.07 Å². The van der Waals surface area contributed by atoms with Gasteiger partial charge < -0.3 is 9.64 Å². The predicted molar refractivity (Wildman–Crippen MR) is 89.2 cm³/mol. The molecule has 8 heteroatoms. The zero-order valence-corrected chi connectivity index (χ0v) is 15.1. The maximum absolute atomic E-state index is 12.8. The molecule has 0 N–H and O–H groups in total. The zero-order valence-electron chi connectivity index (χ0n) is 15.1. The Labute approximate surface area is 150 Å². The van der Waals surface area contributed by atoms with Crippen molar-refractivity contribution in [2.45, 2.75) is 39.1 Å². The molecular formula is C18H22F3N3O2. The van der Waals surface area contributed by atoms with Crippen LogP contribution in [0, 0.1) is 11.3 Å². The Balaban J connectivity index is 1.98. The summed E-state index contributed by atoms with van der Waals surface area (Å²) in [4.78, 5) is 15.7. The van der Waals surface area contributed by atoms with E-state index < -0.39 is 17.3 Å². The van der Waals surface area contributed by atoms with Crippen LogP contribution in [0.25, 0.3) is 0 Å². The first-order chi connectivity index (χ1) is 12.0. The van der Waals surface area contributed by atoms with Crippen molar-refractivity contribution in [3.63, 3.8) is 0 Å². The summed E-state index contributed by atoms with van der Waals surface area (Å²) in [5.74, 6) is 0. The van der Waals surface area contributed by atoms with E-state index in [1.807, 2.05) is 11.0 Å². The van der Waals surface area contributed by atoms with Crippen molar-refractivity contribution in [1.29, 1.82) is 5.26 Å². The Kier molecular flexibility index (Phi) is 5.81. The predicted octanol–water partition coefficient (Wildman–Crippen LogP) is 3.63. The van der Waals surface area contributed by atoms with Gasteiger partial charge in [-0.3, -0.25) is 4.90 Å². The first-order valence-electron chi connectivity index (χ1n) is 8.30. The highest BCUT2D eigenvalue weighted by Gasteiger charge is 2.31. The van der Waals surface area contributed by atoms with Crippen molar-refractivity contribution < 1.29 is 22.7 Å². The molecule has 1 aliphatic heterocycles. The molecule has 5 nitrogen and oxygen atoms in total. The Morgan fingerprint density at radius 3 is 2.31 bits per heavy atom. The first kappa shape index (κ1) is 20.0. The van der Waals surface area contributed by atoms with Crippen molar-refractivity contribution in [3.8, 4) is 6.07 Å². The fourth-order valence-corrected chi connectivity index (χ4v) is 2.65. The van der Waals surface area contributed by atoms with Gasteiger partial charge in [0.05, 0.1) is 17.2 Å². The molecule has 1 fully saturated rings. The Bertz CT molecular complexity index is 697. The Hall–Kier alpha value is -2.27. The van der Waals surface area contributed by atoms with E-state index in [1.54, 1.807) is 25.7 Å². The number of ether oxygens (including phenoxy) is 1. The van der Waals surface area contributed by atoms with E-state index >= 15 is 0 Å². The molecule has 0 atom stereocenters. The molecule has 0 aromatic heterocycles. The van der Waals surface area contributed by atoms with Gasteiger partial charge in [-0.25, -0.2) is 4.79 Å². The normalized spacial score (nSPS) is 16.3. The van der Waals surface area contributed by atoms with Crippen LogP contribution >= 0.6 is 0 Å². The Morgan fingerprint density at radius 1 is 1.19 bits per heavy atom. The van der Waals surface area contributed by atoms with Gasteiger partial charge in [0.15, 0.2) is 0 Å². The van der Waals surface area contributed by atoms with Gasteiger partial charge in [0.2, 0.25) is 0 Å². The molecule has 0 spiro atoms. The molecular weight excluding hydrogens is 347 g/mol. The van der Waals surface area contributed by atoms with Gasteiger partial charge in [0.1, 0.15) is 5.60 Å². The minimum absolute atomic E-state index is 0.0226. The number of piperazine rings is 1. The van der Waals surface area contributed by atoms with E-state index in [-0.39, 0.29) is 11.7 Å². The fourth-order valence-electron chi connectivity index (χ4n) is 2.65. The van der Waals surface area contributed by atoms with Gasteiger partial charge >= 0.3 is 12.3 Å². The van der Waals surface area contributed by atoms with Crippen molar-refractivity contribution in [2.75, 3.05) is 26.2 Å². The number of carbonyl (C=O) groups excluding carboxylic acids is 1. The summed E-state index contributed by atoms with van der Waals surface area (Å²) in [6.45, 7) is 7.83. The number of halogens is 3. The van der Waals surface area contributed by atoms with E-state index in [9.17, 15) is 18.0 Å². The topological polar surface area (TPSA) is 56.6 Å². The second kappa shape index (κ2) is 7.54. The standard InChI is InChI=1S/C18H22F3N3O2/c1-17(2,3)26-16(25)24-8-6-23(7-9-24)12-13-4-5-15(18(19,20)21)10-14(13)11-22/h4-5,10H,6-9,12H2,1-3H3. The summed E-state index contributed by atoms with van der Waals surface area (Å²) in [7, 11) is 0. The molecule has 1 aliphatic rings. The quantitative estimate of drug-likeness (QED) is 0.799. The molecule has 1 aromatic carbocycles. The van der Waals surface area contributed by atoms with Crippen LogP contribution < -0.4 is 0 Å². The summed E-state index contributed by atoms with van der Waals surface area (Å²) < 4.78 is 43.6. The van der Waals surface area contributed by atoms with Crippen LogP contribution in [-0.4, -0.2) is 47.7 Å².